The Labute approximate surface area is 169 Å². The molecule has 9 heteroatoms. The molecular formula is C20H26N4O5. The van der Waals surface area contributed by atoms with E-state index in [4.69, 9.17) is 9.47 Å². The van der Waals surface area contributed by atoms with Crippen LogP contribution in [0.4, 0.5) is 4.79 Å². The standard InChI is InChI=1S/C20H26N4O5/c1-11(2)21-15(25)10-24-9-13-16(19(24)26)17(22-20(27)23(13)3)12-7-6-8-14(28-4)18(12)29-5/h6-8,11,17H,9-10H2,1-5H3,(H,21,25)(H,22,27)/t17-/m1/s1. The normalized spacial score (nSPS) is 18.8. The maximum absolute atomic E-state index is 13.2. The van der Waals surface area contributed by atoms with E-state index in [0.29, 0.717) is 28.3 Å². The summed E-state index contributed by atoms with van der Waals surface area (Å²) >= 11 is 0. The number of urea groups is 1. The number of benzene rings is 1. The Morgan fingerprint density at radius 3 is 2.62 bits per heavy atom. The Hall–Kier alpha value is -3.23. The summed E-state index contributed by atoms with van der Waals surface area (Å²) in [5, 5.41) is 5.65. The molecule has 1 aromatic carbocycles. The van der Waals surface area contributed by atoms with Crippen LogP contribution in [0.15, 0.2) is 29.5 Å². The van der Waals surface area contributed by atoms with E-state index in [2.05, 4.69) is 10.6 Å². The molecule has 0 spiro atoms. The van der Waals surface area contributed by atoms with Crippen LogP contribution >= 0.6 is 0 Å². The summed E-state index contributed by atoms with van der Waals surface area (Å²) in [5.74, 6) is 0.408. The van der Waals surface area contributed by atoms with Gasteiger partial charge in [0, 0.05) is 18.7 Å². The van der Waals surface area contributed by atoms with Gasteiger partial charge in [-0.05, 0) is 19.9 Å². The summed E-state index contributed by atoms with van der Waals surface area (Å²) in [5.41, 5.74) is 1.62. The number of carbonyl (C=O) groups is 3. The van der Waals surface area contributed by atoms with Crippen molar-refractivity contribution in [3.63, 3.8) is 0 Å². The zero-order chi connectivity index (χ0) is 21.3. The summed E-state index contributed by atoms with van der Waals surface area (Å²) in [7, 11) is 4.64. The van der Waals surface area contributed by atoms with Gasteiger partial charge < -0.3 is 25.0 Å². The number of likely N-dealkylation sites (N-methyl/N-ethyl adjacent to an activating group) is 1. The van der Waals surface area contributed by atoms with Gasteiger partial charge in [-0.3, -0.25) is 14.5 Å². The fourth-order valence-electron chi connectivity index (χ4n) is 3.66. The van der Waals surface area contributed by atoms with Crippen LogP contribution in [-0.2, 0) is 9.59 Å². The van der Waals surface area contributed by atoms with E-state index in [-0.39, 0.29) is 37.0 Å². The second kappa shape index (κ2) is 8.02. The molecule has 29 heavy (non-hydrogen) atoms. The van der Waals surface area contributed by atoms with Crippen molar-refractivity contribution in [2.75, 3.05) is 34.4 Å². The number of hydrogen-bond donors (Lipinski definition) is 2. The van der Waals surface area contributed by atoms with Crippen molar-refractivity contribution >= 4 is 17.8 Å². The molecule has 0 fully saturated rings. The van der Waals surface area contributed by atoms with E-state index in [0.717, 1.165) is 0 Å². The van der Waals surface area contributed by atoms with Crippen LogP contribution in [-0.4, -0.2) is 68.0 Å². The molecule has 1 atom stereocenters. The number of hydrogen-bond acceptors (Lipinski definition) is 5. The molecule has 0 aromatic heterocycles. The fraction of sp³-hybridized carbons (Fsp3) is 0.450. The van der Waals surface area contributed by atoms with E-state index < -0.39 is 6.04 Å². The number of methoxy groups -OCH3 is 2. The molecule has 0 saturated carbocycles. The molecule has 0 bridgehead atoms. The van der Waals surface area contributed by atoms with Crippen LogP contribution in [0.2, 0.25) is 0 Å². The second-order valence-electron chi connectivity index (χ2n) is 7.27. The van der Waals surface area contributed by atoms with Crippen molar-refractivity contribution in [3.8, 4) is 11.5 Å². The summed E-state index contributed by atoms with van der Waals surface area (Å²) in [6, 6.07) is 4.23. The maximum Gasteiger partial charge on any atom is 0.322 e. The highest BCUT2D eigenvalue weighted by molar-refractivity contribution is 6.03. The predicted molar refractivity (Wildman–Crippen MR) is 105 cm³/mol. The van der Waals surface area contributed by atoms with E-state index in [1.54, 1.807) is 25.2 Å². The minimum atomic E-state index is -0.704. The van der Waals surface area contributed by atoms with E-state index in [1.807, 2.05) is 13.8 Å². The highest BCUT2D eigenvalue weighted by Crippen LogP contribution is 2.42. The lowest BCUT2D eigenvalue weighted by Gasteiger charge is -2.31. The number of carbonyl (C=O) groups excluding carboxylic acids is 3. The summed E-state index contributed by atoms with van der Waals surface area (Å²) < 4.78 is 10.9. The fourth-order valence-corrected chi connectivity index (χ4v) is 3.66. The van der Waals surface area contributed by atoms with Crippen LogP contribution in [0, 0.1) is 0 Å². The van der Waals surface area contributed by atoms with Gasteiger partial charge in [0.25, 0.3) is 5.91 Å². The third-order valence-corrected chi connectivity index (χ3v) is 4.96. The molecule has 3 rings (SSSR count). The third kappa shape index (κ3) is 3.72. The molecule has 2 aliphatic rings. The number of nitrogens with zero attached hydrogens (tertiary/aromatic N) is 2. The lowest BCUT2D eigenvalue weighted by Crippen LogP contribution is -2.45. The average molecular weight is 402 g/mol. The van der Waals surface area contributed by atoms with Crippen molar-refractivity contribution < 1.29 is 23.9 Å². The van der Waals surface area contributed by atoms with Gasteiger partial charge >= 0.3 is 6.03 Å². The van der Waals surface area contributed by atoms with E-state index >= 15 is 0 Å². The lowest BCUT2D eigenvalue weighted by molar-refractivity contribution is -0.132. The minimum absolute atomic E-state index is 0.0255. The number of nitrogens with one attached hydrogen (secondary N) is 2. The Morgan fingerprint density at radius 1 is 1.28 bits per heavy atom. The van der Waals surface area contributed by atoms with Gasteiger partial charge in [-0.2, -0.15) is 0 Å². The molecule has 4 amide bonds. The molecule has 2 aliphatic heterocycles. The highest BCUT2D eigenvalue weighted by Gasteiger charge is 2.44. The van der Waals surface area contributed by atoms with Crippen molar-refractivity contribution in [1.29, 1.82) is 0 Å². The van der Waals surface area contributed by atoms with Gasteiger partial charge in [-0.15, -0.1) is 0 Å². The lowest BCUT2D eigenvalue weighted by atomic mass is 9.94. The van der Waals surface area contributed by atoms with Gasteiger partial charge in [-0.1, -0.05) is 12.1 Å². The number of para-hydroxylation sites is 1. The molecule has 0 aliphatic carbocycles. The first kappa shape index (κ1) is 20.5. The molecule has 1 aromatic rings. The molecule has 0 unspecified atom stereocenters. The first-order valence-corrected chi connectivity index (χ1v) is 9.35. The average Bonchev–Trinajstić information content (AvgIpc) is 2.99. The predicted octanol–water partition coefficient (Wildman–Crippen LogP) is 1.02. The molecule has 2 N–H and O–H groups in total. The number of amides is 4. The summed E-state index contributed by atoms with van der Waals surface area (Å²) in [4.78, 5) is 40.8. The smallest absolute Gasteiger partial charge is 0.322 e. The van der Waals surface area contributed by atoms with Gasteiger partial charge in [0.05, 0.1) is 38.1 Å². The zero-order valence-electron chi connectivity index (χ0n) is 17.2. The molecule has 0 radical (unpaired) electrons. The third-order valence-electron chi connectivity index (χ3n) is 4.96. The first-order chi connectivity index (χ1) is 13.8. The van der Waals surface area contributed by atoms with Crippen molar-refractivity contribution in [2.24, 2.45) is 0 Å². The molecule has 0 saturated heterocycles. The largest absolute Gasteiger partial charge is 0.493 e. The van der Waals surface area contributed by atoms with Crippen molar-refractivity contribution in [1.82, 2.24) is 20.4 Å². The summed E-state index contributed by atoms with van der Waals surface area (Å²) in [6.07, 6.45) is 0. The van der Waals surface area contributed by atoms with Crippen LogP contribution in [0.3, 0.4) is 0 Å². The van der Waals surface area contributed by atoms with E-state index in [9.17, 15) is 14.4 Å². The minimum Gasteiger partial charge on any atom is -0.493 e. The number of rotatable bonds is 6. The van der Waals surface area contributed by atoms with Crippen LogP contribution in [0.25, 0.3) is 0 Å². The molecule has 9 nitrogen and oxygen atoms in total. The zero-order valence-corrected chi connectivity index (χ0v) is 17.2. The van der Waals surface area contributed by atoms with Crippen LogP contribution in [0.5, 0.6) is 11.5 Å². The first-order valence-electron chi connectivity index (χ1n) is 9.35. The highest BCUT2D eigenvalue weighted by atomic mass is 16.5. The van der Waals surface area contributed by atoms with Crippen molar-refractivity contribution in [3.05, 3.63) is 35.0 Å². The van der Waals surface area contributed by atoms with Crippen molar-refractivity contribution in [2.45, 2.75) is 25.9 Å². The molecular weight excluding hydrogens is 376 g/mol. The topological polar surface area (TPSA) is 100 Å². The molecule has 156 valence electrons. The van der Waals surface area contributed by atoms with Gasteiger partial charge in [-0.25, -0.2) is 4.79 Å². The quantitative estimate of drug-likeness (QED) is 0.740. The number of ether oxygens (including phenoxy) is 2. The Kier molecular flexibility index (Phi) is 5.67. The second-order valence-corrected chi connectivity index (χ2v) is 7.27. The van der Waals surface area contributed by atoms with Crippen LogP contribution in [0.1, 0.15) is 25.5 Å². The van der Waals surface area contributed by atoms with Gasteiger partial charge in [0.1, 0.15) is 6.54 Å². The monoisotopic (exact) mass is 402 g/mol. The van der Waals surface area contributed by atoms with Crippen LogP contribution < -0.4 is 20.1 Å². The Bertz CT molecular complexity index is 880. The van der Waals surface area contributed by atoms with Gasteiger partial charge in [0.2, 0.25) is 5.91 Å². The summed E-state index contributed by atoms with van der Waals surface area (Å²) in [6.45, 7) is 3.82. The van der Waals surface area contributed by atoms with E-state index in [1.165, 1.54) is 24.0 Å². The Morgan fingerprint density at radius 2 is 2.00 bits per heavy atom. The maximum atomic E-state index is 13.2. The Balaban J connectivity index is 1.98. The van der Waals surface area contributed by atoms with Gasteiger partial charge in [0.15, 0.2) is 11.5 Å². The SMILES string of the molecule is COc1cccc([C@H]2NC(=O)N(C)C3=C2C(=O)N(CC(=O)NC(C)C)C3)c1OC. The molecule has 2 heterocycles.